The van der Waals surface area contributed by atoms with Crippen LogP contribution in [0.15, 0.2) is 4.42 Å². The Labute approximate surface area is 109 Å². The van der Waals surface area contributed by atoms with Gasteiger partial charge in [-0.3, -0.25) is 0 Å². The van der Waals surface area contributed by atoms with E-state index in [0.29, 0.717) is 29.8 Å². The fourth-order valence-corrected chi connectivity index (χ4v) is 1.74. The third-order valence-corrected chi connectivity index (χ3v) is 2.49. The van der Waals surface area contributed by atoms with Crippen molar-refractivity contribution in [2.24, 2.45) is 5.92 Å². The molecule has 0 aliphatic carbocycles. The van der Waals surface area contributed by atoms with Crippen LogP contribution in [0.25, 0.3) is 0 Å². The highest BCUT2D eigenvalue weighted by molar-refractivity contribution is 5.86. The van der Waals surface area contributed by atoms with Gasteiger partial charge in [-0.2, -0.15) is 0 Å². The maximum absolute atomic E-state index is 11.1. The molecule has 0 aliphatic heterocycles. The fraction of sp³-hybridized carbons (Fsp3) is 0.545. The van der Waals surface area contributed by atoms with Crippen molar-refractivity contribution in [3.8, 4) is 0 Å². The summed E-state index contributed by atoms with van der Waals surface area (Å²) < 4.78 is 6.76. The average Bonchev–Trinajstić information content (AvgIpc) is 2.87. The monoisotopic (exact) mass is 265 g/mol. The number of carboxylic acid groups (broad SMARTS) is 1. The van der Waals surface area contributed by atoms with E-state index in [1.54, 1.807) is 6.92 Å². The smallest absolute Gasteiger partial charge is 0.358 e. The minimum absolute atomic E-state index is 0.0232. The summed E-state index contributed by atoms with van der Waals surface area (Å²) in [5.41, 5.74) is 0.545. The lowest BCUT2D eigenvalue weighted by Gasteiger charge is -2.07. The van der Waals surface area contributed by atoms with Crippen LogP contribution in [0.2, 0.25) is 0 Å². The molecular weight excluding hydrogens is 250 g/mol. The second-order valence-corrected chi connectivity index (χ2v) is 4.66. The van der Waals surface area contributed by atoms with Gasteiger partial charge >= 0.3 is 5.97 Å². The summed E-state index contributed by atoms with van der Waals surface area (Å²) in [6, 6.07) is 0. The van der Waals surface area contributed by atoms with E-state index >= 15 is 0 Å². The van der Waals surface area contributed by atoms with Crippen LogP contribution in [0.3, 0.4) is 0 Å². The van der Waals surface area contributed by atoms with Crippen LogP contribution in [-0.2, 0) is 13.0 Å². The fourth-order valence-electron chi connectivity index (χ4n) is 1.74. The molecule has 2 aromatic rings. The highest BCUT2D eigenvalue weighted by Gasteiger charge is 2.20. The Bertz CT molecular complexity index is 587. The number of aryl methyl sites for hydroxylation is 1. The number of aromatic nitrogens is 5. The van der Waals surface area contributed by atoms with E-state index in [9.17, 15) is 4.79 Å². The van der Waals surface area contributed by atoms with E-state index in [1.807, 2.05) is 13.8 Å². The van der Waals surface area contributed by atoms with Crippen LogP contribution >= 0.6 is 0 Å². The van der Waals surface area contributed by atoms with Gasteiger partial charge in [0.25, 0.3) is 0 Å². The Morgan fingerprint density at radius 2 is 2.11 bits per heavy atom. The van der Waals surface area contributed by atoms with Crippen molar-refractivity contribution in [2.45, 2.75) is 33.7 Å². The number of aromatic carboxylic acids is 1. The van der Waals surface area contributed by atoms with Crippen LogP contribution in [0, 0.1) is 12.8 Å². The quantitative estimate of drug-likeness (QED) is 0.856. The number of carboxylic acids is 1. The molecule has 0 spiro atoms. The first kappa shape index (κ1) is 13.2. The first-order valence-electron chi connectivity index (χ1n) is 5.92. The SMILES string of the molecule is Cc1nnc(Cn2nnc(C(=O)O)c2CC(C)C)o1. The van der Waals surface area contributed by atoms with Crippen molar-refractivity contribution < 1.29 is 14.3 Å². The molecule has 0 aliphatic rings. The molecule has 8 heteroatoms. The second-order valence-electron chi connectivity index (χ2n) is 4.66. The Hall–Kier alpha value is -2.25. The van der Waals surface area contributed by atoms with Gasteiger partial charge in [0.15, 0.2) is 5.69 Å². The van der Waals surface area contributed by atoms with E-state index in [2.05, 4.69) is 20.5 Å². The molecule has 2 rings (SSSR count). The molecule has 0 radical (unpaired) electrons. The Morgan fingerprint density at radius 3 is 2.63 bits per heavy atom. The van der Waals surface area contributed by atoms with E-state index in [0.717, 1.165) is 0 Å². The standard InChI is InChI=1S/C11H15N5O3/c1-6(2)4-8-10(11(17)18)14-15-16(8)5-9-13-12-7(3)19-9/h6H,4-5H2,1-3H3,(H,17,18). The number of carbonyl (C=O) groups is 1. The highest BCUT2D eigenvalue weighted by Crippen LogP contribution is 2.13. The molecule has 19 heavy (non-hydrogen) atoms. The predicted molar refractivity (Wildman–Crippen MR) is 63.7 cm³/mol. The van der Waals surface area contributed by atoms with Gasteiger partial charge in [-0.15, -0.1) is 15.3 Å². The first-order valence-corrected chi connectivity index (χ1v) is 5.92. The zero-order valence-electron chi connectivity index (χ0n) is 11.0. The molecule has 0 bridgehead atoms. The van der Waals surface area contributed by atoms with Crippen LogP contribution in [0.5, 0.6) is 0 Å². The van der Waals surface area contributed by atoms with Crippen LogP contribution in [0.1, 0.15) is 41.8 Å². The molecule has 0 amide bonds. The highest BCUT2D eigenvalue weighted by atomic mass is 16.4. The maximum atomic E-state index is 11.1. The molecule has 2 aromatic heterocycles. The lowest BCUT2D eigenvalue weighted by Crippen LogP contribution is -2.12. The average molecular weight is 265 g/mol. The van der Waals surface area contributed by atoms with E-state index in [4.69, 9.17) is 9.52 Å². The van der Waals surface area contributed by atoms with Gasteiger partial charge in [-0.25, -0.2) is 9.48 Å². The largest absolute Gasteiger partial charge is 0.476 e. The van der Waals surface area contributed by atoms with Crippen molar-refractivity contribution in [1.29, 1.82) is 0 Å². The first-order chi connectivity index (χ1) is 8.97. The zero-order chi connectivity index (χ0) is 14.0. The number of nitrogens with zero attached hydrogens (tertiary/aromatic N) is 5. The van der Waals surface area contributed by atoms with Gasteiger partial charge < -0.3 is 9.52 Å². The number of rotatable bonds is 5. The molecule has 1 N–H and O–H groups in total. The van der Waals surface area contributed by atoms with Crippen LogP contribution < -0.4 is 0 Å². The number of hydrogen-bond acceptors (Lipinski definition) is 6. The van der Waals surface area contributed by atoms with Crippen molar-refractivity contribution in [1.82, 2.24) is 25.2 Å². The van der Waals surface area contributed by atoms with Crippen LogP contribution in [0.4, 0.5) is 0 Å². The minimum atomic E-state index is -1.08. The summed E-state index contributed by atoms with van der Waals surface area (Å²) in [6.45, 7) is 5.92. The molecule has 8 nitrogen and oxygen atoms in total. The second kappa shape index (κ2) is 5.17. The van der Waals surface area contributed by atoms with Gasteiger partial charge in [0.2, 0.25) is 11.8 Å². The summed E-state index contributed by atoms with van der Waals surface area (Å²) >= 11 is 0. The summed E-state index contributed by atoms with van der Waals surface area (Å²) in [7, 11) is 0. The lowest BCUT2D eigenvalue weighted by atomic mass is 10.1. The minimum Gasteiger partial charge on any atom is -0.476 e. The number of hydrogen-bond donors (Lipinski definition) is 1. The summed E-state index contributed by atoms with van der Waals surface area (Å²) in [4.78, 5) is 11.1. The molecule has 0 fully saturated rings. The summed E-state index contributed by atoms with van der Waals surface area (Å²) in [5, 5.41) is 24.2. The van der Waals surface area contributed by atoms with E-state index in [-0.39, 0.29) is 12.2 Å². The Kier molecular flexibility index (Phi) is 3.59. The Morgan fingerprint density at radius 1 is 1.37 bits per heavy atom. The predicted octanol–water partition coefficient (Wildman–Crippen LogP) is 0.915. The normalized spacial score (nSPS) is 11.2. The third-order valence-electron chi connectivity index (χ3n) is 2.49. The summed E-state index contributed by atoms with van der Waals surface area (Å²) in [5.74, 6) is 0.0479. The molecule has 0 saturated heterocycles. The topological polar surface area (TPSA) is 107 Å². The molecule has 0 aromatic carbocycles. The molecule has 0 atom stereocenters. The van der Waals surface area contributed by atoms with Crippen molar-refractivity contribution in [3.63, 3.8) is 0 Å². The van der Waals surface area contributed by atoms with E-state index < -0.39 is 5.97 Å². The van der Waals surface area contributed by atoms with Gasteiger partial charge in [0.1, 0.15) is 6.54 Å². The molecule has 0 unspecified atom stereocenters. The molecule has 0 saturated carbocycles. The molecule has 102 valence electrons. The van der Waals surface area contributed by atoms with Gasteiger partial charge in [0, 0.05) is 6.92 Å². The van der Waals surface area contributed by atoms with Crippen molar-refractivity contribution in [3.05, 3.63) is 23.2 Å². The van der Waals surface area contributed by atoms with E-state index in [1.165, 1.54) is 4.68 Å². The van der Waals surface area contributed by atoms with Crippen LogP contribution in [-0.4, -0.2) is 36.3 Å². The molecule has 2 heterocycles. The van der Waals surface area contributed by atoms with Crippen molar-refractivity contribution >= 4 is 5.97 Å². The maximum Gasteiger partial charge on any atom is 0.358 e. The Balaban J connectivity index is 2.31. The zero-order valence-corrected chi connectivity index (χ0v) is 11.0. The third kappa shape index (κ3) is 2.95. The van der Waals surface area contributed by atoms with Gasteiger partial charge in [-0.05, 0) is 12.3 Å². The van der Waals surface area contributed by atoms with Gasteiger partial charge in [-0.1, -0.05) is 19.1 Å². The van der Waals surface area contributed by atoms with Gasteiger partial charge in [0.05, 0.1) is 5.69 Å². The van der Waals surface area contributed by atoms with Crippen molar-refractivity contribution in [2.75, 3.05) is 0 Å². The lowest BCUT2D eigenvalue weighted by molar-refractivity contribution is 0.0689. The molecular formula is C11H15N5O3. The summed E-state index contributed by atoms with van der Waals surface area (Å²) in [6.07, 6.45) is 0.571.